The fourth-order valence-corrected chi connectivity index (χ4v) is 4.44. The Balaban J connectivity index is 1.52. The topological polar surface area (TPSA) is 113 Å². The number of anilines is 1. The third-order valence-corrected chi connectivity index (χ3v) is 6.34. The number of hydrogen-bond donors (Lipinski definition) is 3. The molecular weight excluding hydrogens is 449 g/mol. The molecule has 0 saturated carbocycles. The number of amides is 2. The minimum absolute atomic E-state index is 0.0978. The molecule has 1 saturated heterocycles. The standard InChI is InChI=1S/C26H30FN5O3/c1-15(2)23(31-26(34)35-3)25(33)32-12-4-5-22(32)24-29-14-21(30-24)17-8-6-16(7-9-17)19-11-10-18(28)13-20(19)27/h6-11,13-15,22-23H,4-5,12,28H2,1-3H3,(H,29,30)(H,31,34). The van der Waals surface area contributed by atoms with Crippen LogP contribution in [-0.2, 0) is 9.53 Å². The molecule has 2 heterocycles. The molecule has 1 fully saturated rings. The van der Waals surface area contributed by atoms with Crippen molar-refractivity contribution >= 4 is 17.7 Å². The Kier molecular flexibility index (Phi) is 7.04. The van der Waals surface area contributed by atoms with Crippen LogP contribution in [0.5, 0.6) is 0 Å². The number of H-pyrrole nitrogens is 1. The normalized spacial score (nSPS) is 16.4. The van der Waals surface area contributed by atoms with Crippen molar-refractivity contribution in [3.63, 3.8) is 0 Å². The number of benzene rings is 2. The first-order valence-electron chi connectivity index (χ1n) is 11.6. The zero-order chi connectivity index (χ0) is 25.1. The third-order valence-electron chi connectivity index (χ3n) is 6.34. The number of halogens is 1. The van der Waals surface area contributed by atoms with Crippen molar-refractivity contribution in [3.05, 3.63) is 60.3 Å². The SMILES string of the molecule is COC(=O)NC(C(=O)N1CCCC1c1ncc(-c2ccc(-c3ccc(N)cc3F)cc2)[nH]1)C(C)C. The van der Waals surface area contributed by atoms with Crippen molar-refractivity contribution in [2.45, 2.75) is 38.8 Å². The average Bonchev–Trinajstić information content (AvgIpc) is 3.52. The molecule has 0 radical (unpaired) electrons. The highest BCUT2D eigenvalue weighted by molar-refractivity contribution is 5.86. The van der Waals surface area contributed by atoms with Gasteiger partial charge in [-0.25, -0.2) is 14.2 Å². The van der Waals surface area contributed by atoms with Crippen LogP contribution in [0.25, 0.3) is 22.4 Å². The highest BCUT2D eigenvalue weighted by Crippen LogP contribution is 2.33. The number of nitrogens with one attached hydrogen (secondary N) is 2. The molecular formula is C26H30FN5O3. The van der Waals surface area contributed by atoms with Gasteiger partial charge in [-0.15, -0.1) is 0 Å². The molecule has 1 aromatic heterocycles. The summed E-state index contributed by atoms with van der Waals surface area (Å²) in [7, 11) is 1.28. The number of hydrogen-bond acceptors (Lipinski definition) is 5. The van der Waals surface area contributed by atoms with Crippen molar-refractivity contribution in [2.75, 3.05) is 19.4 Å². The van der Waals surface area contributed by atoms with Crippen LogP contribution in [0, 0.1) is 11.7 Å². The lowest BCUT2D eigenvalue weighted by molar-refractivity contribution is -0.135. The van der Waals surface area contributed by atoms with E-state index in [4.69, 9.17) is 10.5 Å². The Hall–Kier alpha value is -3.88. The molecule has 1 aliphatic heterocycles. The van der Waals surface area contributed by atoms with Gasteiger partial charge in [-0.1, -0.05) is 38.1 Å². The number of alkyl carbamates (subject to hydrolysis) is 1. The fraction of sp³-hybridized carbons (Fsp3) is 0.346. The number of carbonyl (C=O) groups excluding carboxylic acids is 2. The van der Waals surface area contributed by atoms with Gasteiger partial charge in [-0.3, -0.25) is 4.79 Å². The van der Waals surface area contributed by atoms with Gasteiger partial charge in [0.15, 0.2) is 0 Å². The largest absolute Gasteiger partial charge is 0.453 e. The van der Waals surface area contributed by atoms with E-state index in [0.717, 1.165) is 29.7 Å². The number of imidazole rings is 1. The molecule has 0 aliphatic carbocycles. The average molecular weight is 480 g/mol. The maximum atomic E-state index is 14.3. The smallest absolute Gasteiger partial charge is 0.407 e. The second kappa shape index (κ2) is 10.2. The fourth-order valence-electron chi connectivity index (χ4n) is 4.44. The second-order valence-electron chi connectivity index (χ2n) is 9.05. The van der Waals surface area contributed by atoms with Crippen LogP contribution in [0.4, 0.5) is 14.9 Å². The number of nitrogen functional groups attached to an aromatic ring is 1. The lowest BCUT2D eigenvalue weighted by atomic mass is 10.0. The van der Waals surface area contributed by atoms with Crippen LogP contribution in [-0.4, -0.2) is 46.6 Å². The van der Waals surface area contributed by atoms with Gasteiger partial charge < -0.3 is 25.7 Å². The maximum absolute atomic E-state index is 14.3. The Labute approximate surface area is 203 Å². The Bertz CT molecular complexity index is 1210. The van der Waals surface area contributed by atoms with E-state index in [0.29, 0.717) is 23.6 Å². The van der Waals surface area contributed by atoms with E-state index in [2.05, 4.69) is 15.3 Å². The van der Waals surface area contributed by atoms with Gasteiger partial charge in [0.25, 0.3) is 0 Å². The number of likely N-dealkylation sites (tertiary alicyclic amines) is 1. The number of carbonyl (C=O) groups is 2. The van der Waals surface area contributed by atoms with E-state index in [9.17, 15) is 14.0 Å². The highest BCUT2D eigenvalue weighted by atomic mass is 19.1. The van der Waals surface area contributed by atoms with Gasteiger partial charge in [0.05, 0.1) is 25.0 Å². The minimum Gasteiger partial charge on any atom is -0.453 e. The molecule has 3 aromatic rings. The summed E-state index contributed by atoms with van der Waals surface area (Å²) < 4.78 is 19.0. The number of methoxy groups -OCH3 is 1. The van der Waals surface area contributed by atoms with E-state index in [1.165, 1.54) is 13.2 Å². The van der Waals surface area contributed by atoms with Crippen molar-refractivity contribution in [2.24, 2.45) is 5.92 Å². The number of aromatic amines is 1. The van der Waals surface area contributed by atoms with E-state index in [1.54, 1.807) is 23.2 Å². The van der Waals surface area contributed by atoms with Crippen LogP contribution in [0.1, 0.15) is 38.6 Å². The second-order valence-corrected chi connectivity index (χ2v) is 9.05. The summed E-state index contributed by atoms with van der Waals surface area (Å²) in [4.78, 5) is 34.7. The lowest BCUT2D eigenvalue weighted by Crippen LogP contribution is -2.51. The first kappa shape index (κ1) is 24.3. The third kappa shape index (κ3) is 5.13. The van der Waals surface area contributed by atoms with Crippen molar-refractivity contribution < 1.29 is 18.7 Å². The molecule has 2 unspecified atom stereocenters. The zero-order valence-electron chi connectivity index (χ0n) is 20.0. The molecule has 8 nitrogen and oxygen atoms in total. The molecule has 2 amide bonds. The number of aromatic nitrogens is 2. The molecule has 1 aliphatic rings. The summed E-state index contributed by atoms with van der Waals surface area (Å²) in [6.45, 7) is 4.36. The van der Waals surface area contributed by atoms with Gasteiger partial charge in [-0.2, -0.15) is 0 Å². The number of ether oxygens (including phenoxy) is 1. The van der Waals surface area contributed by atoms with Crippen molar-refractivity contribution in [1.82, 2.24) is 20.2 Å². The quantitative estimate of drug-likeness (QED) is 0.450. The highest BCUT2D eigenvalue weighted by Gasteiger charge is 2.37. The lowest BCUT2D eigenvalue weighted by Gasteiger charge is -2.30. The van der Waals surface area contributed by atoms with E-state index < -0.39 is 12.1 Å². The minimum atomic E-state index is -0.682. The van der Waals surface area contributed by atoms with Gasteiger partial charge >= 0.3 is 6.09 Å². The summed E-state index contributed by atoms with van der Waals surface area (Å²) in [5.41, 5.74) is 8.96. The predicted octanol–water partition coefficient (Wildman–Crippen LogP) is 4.51. The summed E-state index contributed by atoms with van der Waals surface area (Å²) in [5, 5.41) is 2.65. The van der Waals surface area contributed by atoms with Crippen LogP contribution in [0.2, 0.25) is 0 Å². The molecule has 35 heavy (non-hydrogen) atoms. The van der Waals surface area contributed by atoms with Gasteiger partial charge in [-0.05, 0) is 48.1 Å². The maximum Gasteiger partial charge on any atom is 0.407 e. The Morgan fingerprint density at radius 2 is 1.91 bits per heavy atom. The monoisotopic (exact) mass is 479 g/mol. The van der Waals surface area contributed by atoms with Gasteiger partial charge in [0, 0.05) is 17.8 Å². The molecule has 184 valence electrons. The molecule has 4 N–H and O–H groups in total. The van der Waals surface area contributed by atoms with Crippen LogP contribution < -0.4 is 11.1 Å². The Morgan fingerprint density at radius 1 is 1.20 bits per heavy atom. The first-order chi connectivity index (χ1) is 16.8. The number of rotatable bonds is 6. The van der Waals surface area contributed by atoms with Crippen LogP contribution in [0.15, 0.2) is 48.7 Å². The molecule has 9 heteroatoms. The van der Waals surface area contributed by atoms with Crippen LogP contribution in [0.3, 0.4) is 0 Å². The van der Waals surface area contributed by atoms with E-state index in [1.807, 2.05) is 38.1 Å². The van der Waals surface area contributed by atoms with E-state index in [-0.39, 0.29) is 23.7 Å². The van der Waals surface area contributed by atoms with Gasteiger partial charge in [0.1, 0.15) is 17.7 Å². The predicted molar refractivity (Wildman–Crippen MR) is 132 cm³/mol. The van der Waals surface area contributed by atoms with Crippen molar-refractivity contribution in [3.8, 4) is 22.4 Å². The molecule has 4 rings (SSSR count). The summed E-state index contributed by atoms with van der Waals surface area (Å²) in [5.74, 6) is 0.0779. The van der Waals surface area contributed by atoms with Gasteiger partial charge in [0.2, 0.25) is 5.91 Å². The molecule has 2 atom stereocenters. The van der Waals surface area contributed by atoms with Crippen molar-refractivity contribution in [1.29, 1.82) is 0 Å². The molecule has 0 spiro atoms. The Morgan fingerprint density at radius 3 is 2.57 bits per heavy atom. The number of nitrogens with two attached hydrogens (primary N) is 1. The summed E-state index contributed by atoms with van der Waals surface area (Å²) in [6.07, 6.45) is 2.73. The molecule has 0 bridgehead atoms. The molecule has 2 aromatic carbocycles. The summed E-state index contributed by atoms with van der Waals surface area (Å²) in [6, 6.07) is 11.3. The zero-order valence-corrected chi connectivity index (χ0v) is 20.0. The number of nitrogens with zero attached hydrogens (tertiary/aromatic N) is 2. The first-order valence-corrected chi connectivity index (χ1v) is 11.6. The summed E-state index contributed by atoms with van der Waals surface area (Å²) >= 11 is 0. The van der Waals surface area contributed by atoms with E-state index >= 15 is 0 Å². The van der Waals surface area contributed by atoms with Crippen LogP contribution >= 0.6 is 0 Å².